The fourth-order valence-corrected chi connectivity index (χ4v) is 4.25. The molecule has 0 radical (unpaired) electrons. The molecule has 6 nitrogen and oxygen atoms in total. The number of likely N-dealkylation sites (tertiary alicyclic amines) is 1. The molecular weight excluding hydrogens is 348 g/mol. The second-order valence-corrected chi connectivity index (χ2v) is 8.05. The zero-order valence-corrected chi connectivity index (χ0v) is 16.2. The fourth-order valence-electron chi connectivity index (χ4n) is 3.36. The standard InChI is InChI=1S/C19H26N4O2S/c1-14(24)12-23-9-6-15(7-10-23)13-22(2)19(25)17-11-21-18(26-17)16-5-3-4-8-20-16/h3-5,8,11,14-15,24H,6-7,9-10,12-13H2,1-2H3. The van der Waals surface area contributed by atoms with Crippen LogP contribution in [0.3, 0.4) is 0 Å². The average molecular weight is 375 g/mol. The Morgan fingerprint density at radius 2 is 2.15 bits per heavy atom. The van der Waals surface area contributed by atoms with Crippen LogP contribution in [0, 0.1) is 5.92 Å². The van der Waals surface area contributed by atoms with E-state index in [2.05, 4.69) is 14.9 Å². The molecule has 7 heteroatoms. The third-order valence-corrected chi connectivity index (χ3v) is 5.72. The number of aliphatic hydroxyl groups is 1. The predicted octanol–water partition coefficient (Wildman–Crippen LogP) is 2.37. The van der Waals surface area contributed by atoms with E-state index in [1.54, 1.807) is 12.4 Å². The van der Waals surface area contributed by atoms with E-state index < -0.39 is 0 Å². The number of thiazole rings is 1. The molecule has 0 aromatic carbocycles. The zero-order valence-electron chi connectivity index (χ0n) is 15.3. The molecular formula is C19H26N4O2S. The van der Waals surface area contributed by atoms with E-state index in [1.165, 1.54) is 11.3 Å². The molecule has 1 fully saturated rings. The van der Waals surface area contributed by atoms with Crippen LogP contribution in [0.25, 0.3) is 10.7 Å². The van der Waals surface area contributed by atoms with Crippen molar-refractivity contribution in [3.63, 3.8) is 0 Å². The highest BCUT2D eigenvalue weighted by Gasteiger charge is 2.24. The fraction of sp³-hybridized carbons (Fsp3) is 0.526. The second kappa shape index (κ2) is 8.70. The normalized spacial score (nSPS) is 17.2. The lowest BCUT2D eigenvalue weighted by Crippen LogP contribution is -2.41. The molecule has 1 amide bonds. The van der Waals surface area contributed by atoms with Gasteiger partial charge in [0.1, 0.15) is 9.88 Å². The van der Waals surface area contributed by atoms with Crippen molar-refractivity contribution in [1.29, 1.82) is 0 Å². The highest BCUT2D eigenvalue weighted by Crippen LogP contribution is 2.25. The maximum atomic E-state index is 12.7. The van der Waals surface area contributed by atoms with Gasteiger partial charge in [-0.25, -0.2) is 4.98 Å². The van der Waals surface area contributed by atoms with E-state index in [1.807, 2.05) is 37.1 Å². The summed E-state index contributed by atoms with van der Waals surface area (Å²) in [5.41, 5.74) is 0.796. The van der Waals surface area contributed by atoms with Crippen molar-refractivity contribution in [3.05, 3.63) is 35.5 Å². The monoisotopic (exact) mass is 374 g/mol. The summed E-state index contributed by atoms with van der Waals surface area (Å²) in [4.78, 5) is 26.1. The van der Waals surface area contributed by atoms with Crippen LogP contribution in [0.2, 0.25) is 0 Å². The number of rotatable bonds is 6. The Morgan fingerprint density at radius 1 is 1.38 bits per heavy atom. The first-order valence-corrected chi connectivity index (χ1v) is 9.87. The third-order valence-electron chi connectivity index (χ3n) is 4.71. The predicted molar refractivity (Wildman–Crippen MR) is 103 cm³/mol. The number of carbonyl (C=O) groups excluding carboxylic acids is 1. The second-order valence-electron chi connectivity index (χ2n) is 7.02. The third kappa shape index (κ3) is 4.87. The summed E-state index contributed by atoms with van der Waals surface area (Å²) in [5.74, 6) is 0.536. The minimum Gasteiger partial charge on any atom is -0.392 e. The highest BCUT2D eigenvalue weighted by molar-refractivity contribution is 7.16. The topological polar surface area (TPSA) is 69.6 Å². The molecule has 3 heterocycles. The number of aromatic nitrogens is 2. The van der Waals surface area contributed by atoms with Gasteiger partial charge in [0.25, 0.3) is 5.91 Å². The van der Waals surface area contributed by atoms with Crippen LogP contribution in [-0.2, 0) is 0 Å². The van der Waals surface area contributed by atoms with Gasteiger partial charge in [-0.3, -0.25) is 9.78 Å². The summed E-state index contributed by atoms with van der Waals surface area (Å²) < 4.78 is 0. The Bertz CT molecular complexity index is 711. The van der Waals surface area contributed by atoms with Crippen molar-refractivity contribution in [2.24, 2.45) is 5.92 Å². The van der Waals surface area contributed by atoms with Gasteiger partial charge in [-0.15, -0.1) is 11.3 Å². The lowest BCUT2D eigenvalue weighted by molar-refractivity contribution is 0.0706. The van der Waals surface area contributed by atoms with E-state index in [4.69, 9.17) is 0 Å². The molecule has 2 aromatic heterocycles. The summed E-state index contributed by atoms with van der Waals surface area (Å²) in [7, 11) is 1.87. The first-order valence-electron chi connectivity index (χ1n) is 9.06. The maximum absolute atomic E-state index is 12.7. The summed E-state index contributed by atoms with van der Waals surface area (Å²) in [6.45, 7) is 5.30. The first kappa shape index (κ1) is 18.9. The molecule has 1 aliphatic rings. The Balaban J connectivity index is 1.53. The summed E-state index contributed by atoms with van der Waals surface area (Å²) in [6.07, 6.45) is 5.22. The van der Waals surface area contributed by atoms with Crippen LogP contribution in [0.5, 0.6) is 0 Å². The van der Waals surface area contributed by atoms with Crippen LogP contribution in [0.15, 0.2) is 30.6 Å². The van der Waals surface area contributed by atoms with Crippen molar-refractivity contribution in [1.82, 2.24) is 19.8 Å². The van der Waals surface area contributed by atoms with Gasteiger partial charge in [0.05, 0.1) is 18.0 Å². The number of hydrogen-bond donors (Lipinski definition) is 1. The van der Waals surface area contributed by atoms with Gasteiger partial charge in [-0.1, -0.05) is 6.07 Å². The van der Waals surface area contributed by atoms with E-state index in [0.29, 0.717) is 10.8 Å². The van der Waals surface area contributed by atoms with Crippen molar-refractivity contribution in [2.75, 3.05) is 33.2 Å². The largest absolute Gasteiger partial charge is 0.392 e. The number of piperidine rings is 1. The minimum absolute atomic E-state index is 0.0242. The number of nitrogens with zero attached hydrogens (tertiary/aromatic N) is 4. The van der Waals surface area contributed by atoms with Crippen LogP contribution in [-0.4, -0.2) is 70.1 Å². The van der Waals surface area contributed by atoms with Gasteiger partial charge in [-0.05, 0) is 50.9 Å². The number of pyridine rings is 1. The van der Waals surface area contributed by atoms with Crippen LogP contribution >= 0.6 is 11.3 Å². The molecule has 0 bridgehead atoms. The Hall–Kier alpha value is -1.83. The van der Waals surface area contributed by atoms with Gasteiger partial charge in [0.15, 0.2) is 0 Å². The molecule has 1 saturated heterocycles. The lowest BCUT2D eigenvalue weighted by atomic mass is 9.96. The quantitative estimate of drug-likeness (QED) is 0.841. The van der Waals surface area contributed by atoms with Crippen LogP contribution < -0.4 is 0 Å². The summed E-state index contributed by atoms with van der Waals surface area (Å²) in [5, 5.41) is 10.3. The number of hydrogen-bond acceptors (Lipinski definition) is 6. The van der Waals surface area contributed by atoms with E-state index in [-0.39, 0.29) is 12.0 Å². The number of β-amino-alcohol motifs (C(OH)–C–C–N with tert-alkyl or cyclic N) is 1. The molecule has 1 aliphatic heterocycles. The number of aliphatic hydroxyl groups excluding tert-OH is 1. The molecule has 1 atom stereocenters. The molecule has 140 valence electrons. The molecule has 3 rings (SSSR count). The maximum Gasteiger partial charge on any atom is 0.265 e. The molecule has 1 N–H and O–H groups in total. The number of amides is 1. The summed E-state index contributed by atoms with van der Waals surface area (Å²) >= 11 is 1.39. The highest BCUT2D eigenvalue weighted by atomic mass is 32.1. The van der Waals surface area contributed by atoms with Gasteiger partial charge >= 0.3 is 0 Å². The van der Waals surface area contributed by atoms with E-state index in [0.717, 1.165) is 49.7 Å². The molecule has 0 spiro atoms. The zero-order chi connectivity index (χ0) is 18.5. The van der Waals surface area contributed by atoms with Crippen LogP contribution in [0.4, 0.5) is 0 Å². The van der Waals surface area contributed by atoms with Crippen molar-refractivity contribution in [2.45, 2.75) is 25.9 Å². The van der Waals surface area contributed by atoms with E-state index in [9.17, 15) is 9.90 Å². The lowest BCUT2D eigenvalue weighted by Gasteiger charge is -2.34. The van der Waals surface area contributed by atoms with Crippen LogP contribution in [0.1, 0.15) is 29.4 Å². The summed E-state index contributed by atoms with van der Waals surface area (Å²) in [6, 6.07) is 5.68. The van der Waals surface area contributed by atoms with Gasteiger partial charge in [0.2, 0.25) is 0 Å². The van der Waals surface area contributed by atoms with Gasteiger partial charge in [0, 0.05) is 26.3 Å². The Labute approximate surface area is 158 Å². The molecule has 0 saturated carbocycles. The van der Waals surface area contributed by atoms with Gasteiger partial charge < -0.3 is 14.9 Å². The van der Waals surface area contributed by atoms with Crippen molar-refractivity contribution in [3.8, 4) is 10.7 Å². The molecule has 1 unspecified atom stereocenters. The Kier molecular flexibility index (Phi) is 6.34. The van der Waals surface area contributed by atoms with Crippen molar-refractivity contribution < 1.29 is 9.90 Å². The average Bonchev–Trinajstić information content (AvgIpc) is 3.13. The SMILES string of the molecule is CC(O)CN1CCC(CN(C)C(=O)c2cnc(-c3ccccn3)s2)CC1. The first-order chi connectivity index (χ1) is 12.5. The smallest absolute Gasteiger partial charge is 0.265 e. The molecule has 2 aromatic rings. The minimum atomic E-state index is -0.282. The Morgan fingerprint density at radius 3 is 2.81 bits per heavy atom. The van der Waals surface area contributed by atoms with Crippen molar-refractivity contribution >= 4 is 17.2 Å². The molecule has 26 heavy (non-hydrogen) atoms. The van der Waals surface area contributed by atoms with Gasteiger partial charge in [-0.2, -0.15) is 0 Å². The molecule has 0 aliphatic carbocycles. The number of carbonyl (C=O) groups is 1. The van der Waals surface area contributed by atoms with E-state index >= 15 is 0 Å².